The van der Waals surface area contributed by atoms with Gasteiger partial charge < -0.3 is 10.6 Å². The summed E-state index contributed by atoms with van der Waals surface area (Å²) in [7, 11) is 0. The van der Waals surface area contributed by atoms with Gasteiger partial charge in [0.25, 0.3) is 0 Å². The lowest BCUT2D eigenvalue weighted by Crippen LogP contribution is -2.20. The first-order valence-corrected chi connectivity index (χ1v) is 9.94. The molecule has 0 saturated carbocycles. The summed E-state index contributed by atoms with van der Waals surface area (Å²) in [6.45, 7) is 3.47. The highest BCUT2D eigenvalue weighted by atomic mass is 15.1. The Kier molecular flexibility index (Phi) is 4.74. The molecular weight excluding hydrogens is 360 g/mol. The van der Waals surface area contributed by atoms with Crippen molar-refractivity contribution in [3.8, 4) is 11.3 Å². The van der Waals surface area contributed by atoms with E-state index in [0.717, 1.165) is 66.1 Å². The Balaban J connectivity index is 1.39. The summed E-state index contributed by atoms with van der Waals surface area (Å²) in [6, 6.07) is 18.7. The normalized spacial score (nSPS) is 15.4. The van der Waals surface area contributed by atoms with Crippen LogP contribution >= 0.6 is 0 Å². The second-order valence-electron chi connectivity index (χ2n) is 7.09. The van der Waals surface area contributed by atoms with Crippen molar-refractivity contribution in [2.24, 2.45) is 9.98 Å². The number of hydrogen-bond acceptors (Lipinski definition) is 6. The summed E-state index contributed by atoms with van der Waals surface area (Å²) in [5.41, 5.74) is 5.39. The Morgan fingerprint density at radius 2 is 1.48 bits per heavy atom. The van der Waals surface area contributed by atoms with Crippen LogP contribution in [0.1, 0.15) is 22.5 Å². The highest BCUT2D eigenvalue weighted by Gasteiger charge is 2.15. The molecule has 2 aromatic carbocycles. The van der Waals surface area contributed by atoms with Crippen LogP contribution < -0.4 is 10.6 Å². The van der Waals surface area contributed by atoms with Crippen LogP contribution in [0.3, 0.4) is 0 Å². The van der Waals surface area contributed by atoms with Crippen molar-refractivity contribution in [3.05, 3.63) is 83.3 Å². The first-order chi connectivity index (χ1) is 14.4. The Hall–Kier alpha value is -3.54. The summed E-state index contributed by atoms with van der Waals surface area (Å²) in [6.07, 6.45) is 2.53. The van der Waals surface area contributed by atoms with Crippen LogP contribution in [0.15, 0.2) is 70.8 Å². The number of amidine groups is 2. The van der Waals surface area contributed by atoms with Gasteiger partial charge in [-0.1, -0.05) is 48.5 Å². The van der Waals surface area contributed by atoms with Gasteiger partial charge in [0.1, 0.15) is 17.5 Å². The highest BCUT2D eigenvalue weighted by molar-refractivity contribution is 6.04. The number of aliphatic imine (C=N–C) groups is 2. The van der Waals surface area contributed by atoms with Gasteiger partial charge in [0.2, 0.25) is 0 Å². The molecule has 29 heavy (non-hydrogen) atoms. The number of nitrogens with zero attached hydrogens (tertiary/aromatic N) is 4. The van der Waals surface area contributed by atoms with Gasteiger partial charge in [0.05, 0.1) is 18.8 Å². The number of nitrogens with one attached hydrogen (secondary N) is 2. The maximum Gasteiger partial charge on any atom is 0.133 e. The fourth-order valence-corrected chi connectivity index (χ4v) is 3.68. The minimum atomic E-state index is 0.690. The molecular formula is C23H22N6. The standard InChI is InChI=1S/C23H22N6/c1-2-4-19(23-27-13-14-28-23)18(3-1)20-9-10-24-21(29-20)15-16-5-7-17(8-6-16)22-25-11-12-26-22/h1-10H,11-15H2,(H,25,26)(H,27,28). The van der Waals surface area contributed by atoms with Crippen molar-refractivity contribution in [1.29, 1.82) is 0 Å². The van der Waals surface area contributed by atoms with Crippen LogP contribution in [0.5, 0.6) is 0 Å². The Morgan fingerprint density at radius 3 is 2.21 bits per heavy atom. The third kappa shape index (κ3) is 3.74. The van der Waals surface area contributed by atoms with Crippen LogP contribution in [0.25, 0.3) is 11.3 Å². The van der Waals surface area contributed by atoms with Gasteiger partial charge in [-0.15, -0.1) is 0 Å². The van der Waals surface area contributed by atoms with Gasteiger partial charge in [-0.05, 0) is 11.6 Å². The molecule has 3 aromatic rings. The average Bonchev–Trinajstić information content (AvgIpc) is 3.49. The van der Waals surface area contributed by atoms with Gasteiger partial charge in [-0.2, -0.15) is 0 Å². The van der Waals surface area contributed by atoms with E-state index in [1.165, 1.54) is 5.56 Å². The molecule has 5 rings (SSSR count). The van der Waals surface area contributed by atoms with Crippen molar-refractivity contribution < 1.29 is 0 Å². The fourth-order valence-electron chi connectivity index (χ4n) is 3.68. The molecule has 1 aromatic heterocycles. The van der Waals surface area contributed by atoms with E-state index in [2.05, 4.69) is 62.0 Å². The molecule has 0 fully saturated rings. The minimum Gasteiger partial charge on any atom is -0.368 e. The molecule has 0 unspecified atom stereocenters. The zero-order chi connectivity index (χ0) is 19.5. The lowest BCUT2D eigenvalue weighted by atomic mass is 10.0. The quantitative estimate of drug-likeness (QED) is 0.711. The second-order valence-corrected chi connectivity index (χ2v) is 7.09. The molecule has 0 saturated heterocycles. The molecule has 2 aliphatic rings. The topological polar surface area (TPSA) is 74.6 Å². The largest absolute Gasteiger partial charge is 0.368 e. The monoisotopic (exact) mass is 382 g/mol. The van der Waals surface area contributed by atoms with Gasteiger partial charge in [0.15, 0.2) is 0 Å². The Morgan fingerprint density at radius 1 is 0.759 bits per heavy atom. The van der Waals surface area contributed by atoms with Gasteiger partial charge >= 0.3 is 0 Å². The summed E-state index contributed by atoms with van der Waals surface area (Å²) in [5, 5.41) is 6.66. The summed E-state index contributed by atoms with van der Waals surface area (Å²) < 4.78 is 0. The van der Waals surface area contributed by atoms with E-state index in [9.17, 15) is 0 Å². The molecule has 0 aliphatic carbocycles. The SMILES string of the molecule is c1ccc(-c2ccnc(Cc3ccc(C4=NCCN4)cc3)n2)c(C2=NCCN2)c1. The van der Waals surface area contributed by atoms with Crippen molar-refractivity contribution in [2.75, 3.05) is 26.2 Å². The first kappa shape index (κ1) is 17.6. The van der Waals surface area contributed by atoms with Gasteiger partial charge in [-0.3, -0.25) is 9.98 Å². The van der Waals surface area contributed by atoms with Crippen molar-refractivity contribution in [1.82, 2.24) is 20.6 Å². The average molecular weight is 382 g/mol. The van der Waals surface area contributed by atoms with Crippen molar-refractivity contribution >= 4 is 11.7 Å². The number of benzene rings is 2. The number of hydrogen-bond donors (Lipinski definition) is 2. The van der Waals surface area contributed by atoms with E-state index in [1.54, 1.807) is 0 Å². The van der Waals surface area contributed by atoms with Crippen LogP contribution in [0.4, 0.5) is 0 Å². The molecule has 2 N–H and O–H groups in total. The molecule has 6 heteroatoms. The van der Waals surface area contributed by atoms with Crippen molar-refractivity contribution in [3.63, 3.8) is 0 Å². The fraction of sp³-hybridized carbons (Fsp3) is 0.217. The number of aromatic nitrogens is 2. The minimum absolute atomic E-state index is 0.690. The molecule has 0 spiro atoms. The smallest absolute Gasteiger partial charge is 0.133 e. The second kappa shape index (κ2) is 7.83. The summed E-state index contributed by atoms with van der Waals surface area (Å²) in [4.78, 5) is 18.4. The van der Waals surface area contributed by atoms with E-state index in [-0.39, 0.29) is 0 Å². The number of rotatable bonds is 5. The predicted octanol–water partition coefficient (Wildman–Crippen LogP) is 2.43. The predicted molar refractivity (Wildman–Crippen MR) is 116 cm³/mol. The van der Waals surface area contributed by atoms with E-state index in [0.29, 0.717) is 6.42 Å². The van der Waals surface area contributed by atoms with Gasteiger partial charge in [0, 0.05) is 42.4 Å². The van der Waals surface area contributed by atoms with E-state index >= 15 is 0 Å². The van der Waals surface area contributed by atoms with Gasteiger partial charge in [-0.25, -0.2) is 9.97 Å². The lowest BCUT2D eigenvalue weighted by Gasteiger charge is -2.10. The van der Waals surface area contributed by atoms with Crippen LogP contribution in [0, 0.1) is 0 Å². The van der Waals surface area contributed by atoms with E-state index < -0.39 is 0 Å². The maximum absolute atomic E-state index is 4.84. The zero-order valence-electron chi connectivity index (χ0n) is 16.1. The summed E-state index contributed by atoms with van der Waals surface area (Å²) in [5.74, 6) is 2.73. The molecule has 0 radical (unpaired) electrons. The maximum atomic E-state index is 4.84. The van der Waals surface area contributed by atoms with Crippen LogP contribution in [-0.2, 0) is 6.42 Å². The highest BCUT2D eigenvalue weighted by Crippen LogP contribution is 2.23. The zero-order valence-corrected chi connectivity index (χ0v) is 16.1. The molecule has 144 valence electrons. The third-order valence-corrected chi connectivity index (χ3v) is 5.10. The molecule has 0 atom stereocenters. The van der Waals surface area contributed by atoms with E-state index in [4.69, 9.17) is 4.98 Å². The summed E-state index contributed by atoms with van der Waals surface area (Å²) >= 11 is 0. The Labute approximate surface area is 169 Å². The van der Waals surface area contributed by atoms with Crippen molar-refractivity contribution in [2.45, 2.75) is 6.42 Å². The third-order valence-electron chi connectivity index (χ3n) is 5.10. The molecule has 6 nitrogen and oxygen atoms in total. The first-order valence-electron chi connectivity index (χ1n) is 9.94. The molecule has 3 heterocycles. The molecule has 0 bridgehead atoms. The lowest BCUT2D eigenvalue weighted by molar-refractivity contribution is 0.958. The molecule has 2 aliphatic heterocycles. The van der Waals surface area contributed by atoms with Crippen LogP contribution in [0.2, 0.25) is 0 Å². The molecule has 0 amide bonds. The van der Waals surface area contributed by atoms with Crippen LogP contribution in [-0.4, -0.2) is 47.8 Å². The van der Waals surface area contributed by atoms with E-state index in [1.807, 2.05) is 24.4 Å². The Bertz CT molecular complexity index is 1080.